The maximum atomic E-state index is 6.03. The van der Waals surface area contributed by atoms with Gasteiger partial charge >= 0.3 is 0 Å². The highest BCUT2D eigenvalue weighted by Gasteiger charge is 2.27. The predicted molar refractivity (Wildman–Crippen MR) is 97.5 cm³/mol. The summed E-state index contributed by atoms with van der Waals surface area (Å²) >= 11 is 0. The Balaban J connectivity index is 1.44. The number of hydrogen-bond donors (Lipinski definition) is 0. The summed E-state index contributed by atoms with van der Waals surface area (Å²) in [6.07, 6.45) is 9.93. The molecule has 152 valence electrons. The third-order valence-corrected chi connectivity index (χ3v) is 5.52. The minimum absolute atomic E-state index is 0.189. The van der Waals surface area contributed by atoms with Crippen molar-refractivity contribution in [3.63, 3.8) is 0 Å². The summed E-state index contributed by atoms with van der Waals surface area (Å²) in [5, 5.41) is 0. The van der Waals surface area contributed by atoms with E-state index in [-0.39, 0.29) is 24.4 Å². The Morgan fingerprint density at radius 1 is 0.346 bits per heavy atom. The van der Waals surface area contributed by atoms with E-state index in [1.165, 1.54) is 25.7 Å². The second kappa shape index (κ2) is 12.3. The molecule has 3 fully saturated rings. The molecule has 26 heavy (non-hydrogen) atoms. The smallest absolute Gasteiger partial charge is 0.0837 e. The van der Waals surface area contributed by atoms with Gasteiger partial charge in [-0.1, -0.05) is 25.7 Å². The van der Waals surface area contributed by atoms with Crippen molar-refractivity contribution in [1.82, 2.24) is 0 Å². The largest absolute Gasteiger partial charge is 0.377 e. The highest BCUT2D eigenvalue weighted by atomic mass is 16.6. The minimum atomic E-state index is 0.189. The van der Waals surface area contributed by atoms with Gasteiger partial charge in [0.05, 0.1) is 77.3 Å². The first-order valence-electron chi connectivity index (χ1n) is 10.6. The summed E-state index contributed by atoms with van der Waals surface area (Å²) in [5.74, 6) is 0. The van der Waals surface area contributed by atoms with Gasteiger partial charge in [-0.15, -0.1) is 0 Å². The fourth-order valence-electron chi connectivity index (χ4n) is 4.13. The molecular weight excluding hydrogens is 336 g/mol. The van der Waals surface area contributed by atoms with Crippen LogP contribution in [0.15, 0.2) is 0 Å². The van der Waals surface area contributed by atoms with Crippen molar-refractivity contribution in [3.8, 4) is 0 Å². The second-order valence-electron chi connectivity index (χ2n) is 7.43. The molecule has 0 N–H and O–H groups in total. The van der Waals surface area contributed by atoms with Crippen LogP contribution >= 0.6 is 0 Å². The summed E-state index contributed by atoms with van der Waals surface area (Å²) in [7, 11) is 0. The zero-order valence-electron chi connectivity index (χ0n) is 16.1. The summed E-state index contributed by atoms with van der Waals surface area (Å²) in [4.78, 5) is 0. The van der Waals surface area contributed by atoms with Gasteiger partial charge in [-0.2, -0.15) is 0 Å². The Bertz CT molecular complexity index is 300. The first kappa shape index (κ1) is 20.5. The average molecular weight is 373 g/mol. The fourth-order valence-corrected chi connectivity index (χ4v) is 4.13. The molecule has 0 spiro atoms. The van der Waals surface area contributed by atoms with E-state index >= 15 is 0 Å². The third-order valence-electron chi connectivity index (χ3n) is 5.52. The predicted octanol–water partition coefficient (Wildman–Crippen LogP) is 2.72. The number of hydrogen-bond acceptors (Lipinski definition) is 6. The zero-order chi connectivity index (χ0) is 17.9. The van der Waals surface area contributed by atoms with Gasteiger partial charge in [0.2, 0.25) is 0 Å². The van der Waals surface area contributed by atoms with Crippen LogP contribution in [-0.2, 0) is 28.4 Å². The van der Waals surface area contributed by atoms with E-state index in [0.29, 0.717) is 52.9 Å². The molecule has 1 saturated heterocycles. The first-order chi connectivity index (χ1) is 12.9. The van der Waals surface area contributed by atoms with Crippen LogP contribution in [0.3, 0.4) is 0 Å². The molecule has 6 heteroatoms. The molecule has 0 unspecified atom stereocenters. The Morgan fingerprint density at radius 3 is 0.885 bits per heavy atom. The van der Waals surface area contributed by atoms with Crippen LogP contribution in [0.1, 0.15) is 51.4 Å². The second-order valence-corrected chi connectivity index (χ2v) is 7.43. The van der Waals surface area contributed by atoms with Crippen molar-refractivity contribution in [2.24, 2.45) is 0 Å². The molecule has 3 rings (SSSR count). The average Bonchev–Trinajstić information content (AvgIpc) is 2.68. The molecule has 1 heterocycles. The quantitative estimate of drug-likeness (QED) is 0.652. The van der Waals surface area contributed by atoms with E-state index in [0.717, 1.165) is 25.7 Å². The van der Waals surface area contributed by atoms with Crippen LogP contribution in [0.5, 0.6) is 0 Å². The van der Waals surface area contributed by atoms with Crippen molar-refractivity contribution in [2.45, 2.75) is 75.8 Å². The summed E-state index contributed by atoms with van der Waals surface area (Å²) in [6.45, 7) is 4.93. The summed E-state index contributed by atoms with van der Waals surface area (Å²) < 4.78 is 35.5. The molecule has 2 aliphatic carbocycles. The fraction of sp³-hybridized carbons (Fsp3) is 1.00. The topological polar surface area (TPSA) is 55.4 Å². The van der Waals surface area contributed by atoms with Crippen LogP contribution < -0.4 is 0 Å². The van der Waals surface area contributed by atoms with E-state index in [2.05, 4.69) is 0 Å². The molecule has 0 radical (unpaired) electrons. The van der Waals surface area contributed by atoms with E-state index in [4.69, 9.17) is 28.4 Å². The molecule has 1 aliphatic heterocycles. The molecule has 0 bridgehead atoms. The molecular formula is C20H36O6. The van der Waals surface area contributed by atoms with Crippen molar-refractivity contribution >= 4 is 0 Å². The van der Waals surface area contributed by atoms with E-state index in [1.807, 2.05) is 0 Å². The molecule has 0 aromatic heterocycles. The molecule has 0 aromatic rings. The monoisotopic (exact) mass is 372 g/mol. The Kier molecular flexibility index (Phi) is 9.67. The van der Waals surface area contributed by atoms with Gasteiger partial charge in [-0.25, -0.2) is 0 Å². The highest BCUT2D eigenvalue weighted by Crippen LogP contribution is 2.25. The van der Waals surface area contributed by atoms with Crippen molar-refractivity contribution in [1.29, 1.82) is 0 Å². The van der Waals surface area contributed by atoms with Gasteiger partial charge in [0.15, 0.2) is 0 Å². The Labute approximate surface area is 157 Å². The SMILES string of the molecule is C1CC[C@@H]2OCCOCCO[C@@H]3CCCC[C@@H]3OCCOCCO[C@H]2C1. The lowest BCUT2D eigenvalue weighted by molar-refractivity contribution is -0.129. The maximum Gasteiger partial charge on any atom is 0.0837 e. The van der Waals surface area contributed by atoms with Gasteiger partial charge in [-0.3, -0.25) is 0 Å². The zero-order valence-corrected chi connectivity index (χ0v) is 16.1. The third kappa shape index (κ3) is 7.06. The number of ether oxygens (including phenoxy) is 6. The first-order valence-corrected chi connectivity index (χ1v) is 10.6. The number of fused-ring (bicyclic) bond motifs is 2. The summed E-state index contributed by atoms with van der Waals surface area (Å²) in [6, 6.07) is 0. The molecule has 6 nitrogen and oxygen atoms in total. The normalized spacial score (nSPS) is 36.9. The Hall–Kier alpha value is -0.240. The van der Waals surface area contributed by atoms with Crippen LogP contribution in [0, 0.1) is 0 Å². The standard InChI is InChI=1S/C20H36O6/c1-2-6-18-17(5-1)23-13-9-21-11-15-25-19-7-3-4-8-20(19)26-16-12-22-10-14-24-18/h17-20H,1-16H2/t17-,18-,19-,20+/m0/s1. The molecule has 4 atom stereocenters. The van der Waals surface area contributed by atoms with E-state index in [9.17, 15) is 0 Å². The van der Waals surface area contributed by atoms with E-state index in [1.54, 1.807) is 0 Å². The minimum Gasteiger partial charge on any atom is -0.377 e. The Morgan fingerprint density at radius 2 is 0.615 bits per heavy atom. The molecule has 3 aliphatic rings. The maximum absolute atomic E-state index is 6.03. The van der Waals surface area contributed by atoms with Crippen molar-refractivity contribution < 1.29 is 28.4 Å². The van der Waals surface area contributed by atoms with Crippen LogP contribution in [0.2, 0.25) is 0 Å². The van der Waals surface area contributed by atoms with Crippen LogP contribution in [0.4, 0.5) is 0 Å². The lowest BCUT2D eigenvalue weighted by atomic mass is 9.94. The molecule has 0 aromatic carbocycles. The van der Waals surface area contributed by atoms with Gasteiger partial charge < -0.3 is 28.4 Å². The summed E-state index contributed by atoms with van der Waals surface area (Å²) in [5.41, 5.74) is 0. The van der Waals surface area contributed by atoms with E-state index < -0.39 is 0 Å². The van der Waals surface area contributed by atoms with Gasteiger partial charge in [0.25, 0.3) is 0 Å². The van der Waals surface area contributed by atoms with Crippen LogP contribution in [0.25, 0.3) is 0 Å². The highest BCUT2D eigenvalue weighted by molar-refractivity contribution is 4.77. The lowest BCUT2D eigenvalue weighted by Crippen LogP contribution is -2.37. The van der Waals surface area contributed by atoms with Crippen molar-refractivity contribution in [3.05, 3.63) is 0 Å². The van der Waals surface area contributed by atoms with Gasteiger partial charge in [0, 0.05) is 0 Å². The van der Waals surface area contributed by atoms with Crippen molar-refractivity contribution in [2.75, 3.05) is 52.9 Å². The van der Waals surface area contributed by atoms with Gasteiger partial charge in [0.1, 0.15) is 0 Å². The lowest BCUT2D eigenvalue weighted by Gasteiger charge is -2.32. The van der Waals surface area contributed by atoms with Crippen LogP contribution in [-0.4, -0.2) is 77.3 Å². The van der Waals surface area contributed by atoms with Gasteiger partial charge in [-0.05, 0) is 25.7 Å². The molecule has 0 amide bonds. The number of rotatable bonds is 0. The molecule has 2 saturated carbocycles.